The van der Waals surface area contributed by atoms with Gasteiger partial charge in [-0.15, -0.1) is 0 Å². The monoisotopic (exact) mass is 438 g/mol. The molecule has 10 heteroatoms. The first-order chi connectivity index (χ1) is 15.5. The van der Waals surface area contributed by atoms with Crippen LogP contribution >= 0.6 is 0 Å². The fourth-order valence-corrected chi connectivity index (χ4v) is 3.03. The Morgan fingerprint density at radius 1 is 1.38 bits per heavy atom. The number of anilines is 1. The standard InChI is InChI=1S/C22H26N6O4/c1-15-19(5-6-20(26-15)27-22(30)28-10-3-4-21(28)29)32-17-7-8-25-18(12-17)16(13-23)14-24-9-11-31-2/h5-8,12-14H,3-4,9-11,23H2,1-2H3,(H,26,27,30). The van der Waals surface area contributed by atoms with Crippen LogP contribution in [0, 0.1) is 6.92 Å². The van der Waals surface area contributed by atoms with Gasteiger partial charge in [-0.05, 0) is 31.5 Å². The molecule has 0 unspecified atom stereocenters. The van der Waals surface area contributed by atoms with Gasteiger partial charge in [0.05, 0.1) is 24.5 Å². The van der Waals surface area contributed by atoms with Gasteiger partial charge in [0, 0.05) is 50.3 Å². The zero-order chi connectivity index (χ0) is 22.9. The lowest BCUT2D eigenvalue weighted by molar-refractivity contribution is -0.125. The molecule has 1 saturated heterocycles. The minimum Gasteiger partial charge on any atom is -0.455 e. The minimum absolute atomic E-state index is 0.178. The summed E-state index contributed by atoms with van der Waals surface area (Å²) in [4.78, 5) is 38.1. The summed E-state index contributed by atoms with van der Waals surface area (Å²) in [5.74, 6) is 1.23. The number of pyridine rings is 2. The first kappa shape index (κ1) is 22.9. The van der Waals surface area contributed by atoms with Crippen molar-refractivity contribution in [1.82, 2.24) is 14.9 Å². The number of nitrogens with one attached hydrogen (secondary N) is 1. The second-order valence-corrected chi connectivity index (χ2v) is 6.99. The highest BCUT2D eigenvalue weighted by Crippen LogP contribution is 2.26. The van der Waals surface area contributed by atoms with Gasteiger partial charge in [0.2, 0.25) is 5.91 Å². The van der Waals surface area contributed by atoms with Gasteiger partial charge in [-0.25, -0.2) is 9.78 Å². The number of aliphatic imine (C=N–C) groups is 1. The molecule has 3 rings (SSSR count). The molecule has 10 nitrogen and oxygen atoms in total. The van der Waals surface area contributed by atoms with Crippen molar-refractivity contribution >= 4 is 29.5 Å². The van der Waals surface area contributed by atoms with E-state index in [1.165, 1.54) is 11.1 Å². The Morgan fingerprint density at radius 3 is 2.91 bits per heavy atom. The molecule has 0 aliphatic carbocycles. The van der Waals surface area contributed by atoms with E-state index in [0.29, 0.717) is 66.8 Å². The Labute approximate surface area is 186 Å². The zero-order valence-corrected chi connectivity index (χ0v) is 18.1. The van der Waals surface area contributed by atoms with Crippen molar-refractivity contribution in [1.29, 1.82) is 0 Å². The number of amides is 3. The molecular formula is C22H26N6O4. The minimum atomic E-state index is -0.472. The summed E-state index contributed by atoms with van der Waals surface area (Å²) in [6, 6.07) is 6.31. The summed E-state index contributed by atoms with van der Waals surface area (Å²) in [7, 11) is 1.61. The van der Waals surface area contributed by atoms with E-state index in [1.54, 1.807) is 50.7 Å². The third-order valence-electron chi connectivity index (χ3n) is 4.68. The predicted molar refractivity (Wildman–Crippen MR) is 121 cm³/mol. The number of aryl methyl sites for hydroxylation is 1. The molecule has 2 aromatic rings. The molecule has 3 heterocycles. The van der Waals surface area contributed by atoms with E-state index in [9.17, 15) is 9.59 Å². The van der Waals surface area contributed by atoms with Crippen LogP contribution in [0.2, 0.25) is 0 Å². The van der Waals surface area contributed by atoms with Crippen molar-refractivity contribution in [3.05, 3.63) is 48.1 Å². The molecule has 32 heavy (non-hydrogen) atoms. The lowest BCUT2D eigenvalue weighted by Gasteiger charge is -2.15. The number of urea groups is 1. The normalized spacial score (nSPS) is 14.2. The molecule has 0 radical (unpaired) electrons. The Kier molecular flexibility index (Phi) is 7.87. The maximum absolute atomic E-state index is 12.2. The number of allylic oxidation sites excluding steroid dienone is 1. The van der Waals surface area contributed by atoms with Crippen molar-refractivity contribution in [2.75, 3.05) is 32.1 Å². The van der Waals surface area contributed by atoms with Crippen LogP contribution in [0.1, 0.15) is 24.2 Å². The van der Waals surface area contributed by atoms with E-state index >= 15 is 0 Å². The molecule has 0 saturated carbocycles. The number of likely N-dealkylation sites (tertiary alicyclic amines) is 1. The van der Waals surface area contributed by atoms with Crippen LogP contribution in [0.15, 0.2) is 41.7 Å². The van der Waals surface area contributed by atoms with Gasteiger partial charge in [0.1, 0.15) is 17.3 Å². The molecule has 3 N–H and O–H groups in total. The third kappa shape index (κ3) is 5.88. The fraction of sp³-hybridized carbons (Fsp3) is 0.318. The summed E-state index contributed by atoms with van der Waals surface area (Å²) < 4.78 is 10.9. The lowest BCUT2D eigenvalue weighted by Crippen LogP contribution is -2.35. The number of carbonyl (C=O) groups is 2. The Bertz CT molecular complexity index is 1040. The fourth-order valence-electron chi connectivity index (χ4n) is 3.03. The topological polar surface area (TPSA) is 132 Å². The van der Waals surface area contributed by atoms with E-state index < -0.39 is 6.03 Å². The second-order valence-electron chi connectivity index (χ2n) is 6.99. The number of imide groups is 1. The molecule has 168 valence electrons. The average molecular weight is 438 g/mol. The van der Waals surface area contributed by atoms with Crippen molar-refractivity contribution in [3.63, 3.8) is 0 Å². The van der Waals surface area contributed by atoms with Crippen molar-refractivity contribution < 1.29 is 19.1 Å². The van der Waals surface area contributed by atoms with Crippen LogP contribution in [-0.2, 0) is 9.53 Å². The lowest BCUT2D eigenvalue weighted by atomic mass is 10.2. The van der Waals surface area contributed by atoms with Gasteiger partial charge in [-0.3, -0.25) is 25.0 Å². The molecule has 3 amide bonds. The highest BCUT2D eigenvalue weighted by atomic mass is 16.5. The maximum Gasteiger partial charge on any atom is 0.329 e. The first-order valence-corrected chi connectivity index (χ1v) is 10.2. The molecule has 1 aliphatic heterocycles. The Hall–Kier alpha value is -3.79. The number of methoxy groups -OCH3 is 1. The first-order valence-electron chi connectivity index (χ1n) is 10.2. The summed E-state index contributed by atoms with van der Waals surface area (Å²) >= 11 is 0. The van der Waals surface area contributed by atoms with Gasteiger partial charge in [-0.2, -0.15) is 0 Å². The number of nitrogens with two attached hydrogens (primary N) is 1. The molecule has 1 fully saturated rings. The summed E-state index contributed by atoms with van der Waals surface area (Å²) in [6.45, 7) is 3.22. The number of hydrogen-bond acceptors (Lipinski definition) is 8. The molecule has 2 aromatic heterocycles. The second kappa shape index (κ2) is 11.0. The quantitative estimate of drug-likeness (QED) is 0.478. The van der Waals surface area contributed by atoms with Crippen molar-refractivity contribution in [3.8, 4) is 11.5 Å². The molecule has 0 aromatic carbocycles. The van der Waals surface area contributed by atoms with E-state index in [-0.39, 0.29) is 5.91 Å². The van der Waals surface area contributed by atoms with Gasteiger partial charge in [0.25, 0.3) is 0 Å². The smallest absolute Gasteiger partial charge is 0.329 e. The van der Waals surface area contributed by atoms with Crippen LogP contribution < -0.4 is 15.8 Å². The number of nitrogens with zero attached hydrogens (tertiary/aromatic N) is 4. The molecule has 0 spiro atoms. The van der Waals surface area contributed by atoms with Crippen molar-refractivity contribution in [2.24, 2.45) is 10.7 Å². The van der Waals surface area contributed by atoms with Crippen LogP contribution in [0.25, 0.3) is 5.57 Å². The highest BCUT2D eigenvalue weighted by Gasteiger charge is 2.26. The highest BCUT2D eigenvalue weighted by molar-refractivity contribution is 6.08. The van der Waals surface area contributed by atoms with Gasteiger partial charge in [-0.1, -0.05) is 0 Å². The van der Waals surface area contributed by atoms with Gasteiger partial charge in [0.15, 0.2) is 0 Å². The van der Waals surface area contributed by atoms with Crippen LogP contribution in [0.3, 0.4) is 0 Å². The molecule has 0 bridgehead atoms. The number of aromatic nitrogens is 2. The Balaban J connectivity index is 1.68. The molecule has 0 atom stereocenters. The summed E-state index contributed by atoms with van der Waals surface area (Å²) in [5, 5.41) is 2.65. The number of carbonyl (C=O) groups excluding carboxylic acids is 2. The zero-order valence-electron chi connectivity index (χ0n) is 18.1. The number of hydrogen-bond donors (Lipinski definition) is 2. The van der Waals surface area contributed by atoms with Crippen LogP contribution in [0.4, 0.5) is 10.6 Å². The van der Waals surface area contributed by atoms with Crippen LogP contribution in [0.5, 0.6) is 11.5 Å². The maximum atomic E-state index is 12.2. The van der Waals surface area contributed by atoms with E-state index in [0.717, 1.165) is 0 Å². The van der Waals surface area contributed by atoms with E-state index in [1.807, 2.05) is 0 Å². The predicted octanol–water partition coefficient (Wildman–Crippen LogP) is 2.75. The van der Waals surface area contributed by atoms with E-state index in [2.05, 4.69) is 20.3 Å². The van der Waals surface area contributed by atoms with E-state index in [4.69, 9.17) is 15.2 Å². The summed E-state index contributed by atoms with van der Waals surface area (Å²) in [6.07, 6.45) is 5.75. The number of ether oxygens (including phenoxy) is 2. The van der Waals surface area contributed by atoms with Gasteiger partial charge >= 0.3 is 6.03 Å². The molecule has 1 aliphatic rings. The SMILES string of the molecule is COCCN=CC(=CN)c1cc(Oc2ccc(NC(=O)N3CCCC3=O)nc2C)ccn1. The number of rotatable bonds is 8. The largest absolute Gasteiger partial charge is 0.455 e. The average Bonchev–Trinajstić information content (AvgIpc) is 3.22. The Morgan fingerprint density at radius 2 is 2.22 bits per heavy atom. The molecular weight excluding hydrogens is 412 g/mol. The summed E-state index contributed by atoms with van der Waals surface area (Å²) in [5.41, 5.74) is 7.55. The van der Waals surface area contributed by atoms with Gasteiger partial charge < -0.3 is 15.2 Å². The van der Waals surface area contributed by atoms with Crippen LogP contribution in [-0.4, -0.2) is 59.8 Å². The third-order valence-corrected chi connectivity index (χ3v) is 4.68. The van der Waals surface area contributed by atoms with Crippen molar-refractivity contribution in [2.45, 2.75) is 19.8 Å².